The quantitative estimate of drug-likeness (QED) is 0.484. The standard InChI is InChI=1S/C23H27NO4/c1-3-4-13-27-15-22(16(2)25)24-23(26)28-14-21-19-11-7-5-9-17(19)18-10-6-8-12-20(18)21/h5-12,21-22,25H,2-4,13-15H2,1H3,(H,24,26)/t22-/m1/s1. The second-order valence-corrected chi connectivity index (χ2v) is 6.94. The first-order chi connectivity index (χ1) is 13.6. The summed E-state index contributed by atoms with van der Waals surface area (Å²) >= 11 is 0. The number of aliphatic hydroxyl groups is 1. The Hall–Kier alpha value is -2.79. The van der Waals surface area contributed by atoms with E-state index < -0.39 is 12.1 Å². The molecule has 5 nitrogen and oxygen atoms in total. The van der Waals surface area contributed by atoms with Crippen LogP contribution in [-0.4, -0.2) is 37.1 Å². The molecule has 0 spiro atoms. The van der Waals surface area contributed by atoms with Crippen molar-refractivity contribution in [1.82, 2.24) is 5.32 Å². The first-order valence-corrected chi connectivity index (χ1v) is 9.68. The van der Waals surface area contributed by atoms with Crippen LogP contribution in [0.25, 0.3) is 11.1 Å². The molecule has 1 aliphatic carbocycles. The van der Waals surface area contributed by atoms with Crippen LogP contribution in [0.1, 0.15) is 36.8 Å². The summed E-state index contributed by atoms with van der Waals surface area (Å²) in [4.78, 5) is 12.3. The van der Waals surface area contributed by atoms with Gasteiger partial charge in [-0.25, -0.2) is 4.79 Å². The molecule has 2 N–H and O–H groups in total. The van der Waals surface area contributed by atoms with E-state index in [1.54, 1.807) is 0 Å². The summed E-state index contributed by atoms with van der Waals surface area (Å²) in [6.45, 7) is 6.55. The van der Waals surface area contributed by atoms with Crippen LogP contribution < -0.4 is 5.32 Å². The highest BCUT2D eigenvalue weighted by molar-refractivity contribution is 5.79. The zero-order valence-corrected chi connectivity index (χ0v) is 16.2. The minimum absolute atomic E-state index is 0.00488. The van der Waals surface area contributed by atoms with Gasteiger partial charge in [0, 0.05) is 12.5 Å². The fourth-order valence-electron chi connectivity index (χ4n) is 3.45. The maximum atomic E-state index is 12.3. The largest absolute Gasteiger partial charge is 0.511 e. The number of amides is 1. The van der Waals surface area contributed by atoms with Gasteiger partial charge in [0.25, 0.3) is 0 Å². The van der Waals surface area contributed by atoms with E-state index in [0.29, 0.717) is 6.61 Å². The monoisotopic (exact) mass is 381 g/mol. The van der Waals surface area contributed by atoms with Crippen molar-refractivity contribution in [1.29, 1.82) is 0 Å². The van der Waals surface area contributed by atoms with Crippen LogP contribution in [0.15, 0.2) is 60.9 Å². The Bertz CT molecular complexity index is 787. The second-order valence-electron chi connectivity index (χ2n) is 6.94. The van der Waals surface area contributed by atoms with E-state index >= 15 is 0 Å². The molecule has 148 valence electrons. The van der Waals surface area contributed by atoms with Gasteiger partial charge < -0.3 is 19.9 Å². The number of ether oxygens (including phenoxy) is 2. The summed E-state index contributed by atoms with van der Waals surface area (Å²) in [6.07, 6.45) is 1.35. The van der Waals surface area contributed by atoms with Gasteiger partial charge in [-0.15, -0.1) is 0 Å². The zero-order valence-electron chi connectivity index (χ0n) is 16.2. The Labute approximate surface area is 166 Å². The number of fused-ring (bicyclic) bond motifs is 3. The molecule has 0 unspecified atom stereocenters. The van der Waals surface area contributed by atoms with Gasteiger partial charge in [-0.2, -0.15) is 0 Å². The maximum Gasteiger partial charge on any atom is 0.407 e. The molecule has 0 heterocycles. The average molecular weight is 381 g/mol. The van der Waals surface area contributed by atoms with E-state index in [1.807, 2.05) is 24.3 Å². The predicted molar refractivity (Wildman–Crippen MR) is 109 cm³/mol. The van der Waals surface area contributed by atoms with Crippen molar-refractivity contribution in [2.75, 3.05) is 19.8 Å². The number of nitrogens with one attached hydrogen (secondary N) is 1. The molecule has 1 atom stereocenters. The Morgan fingerprint density at radius 1 is 1.14 bits per heavy atom. The van der Waals surface area contributed by atoms with Crippen LogP contribution in [-0.2, 0) is 9.47 Å². The Morgan fingerprint density at radius 2 is 1.75 bits per heavy atom. The van der Waals surface area contributed by atoms with Crippen LogP contribution in [0.4, 0.5) is 4.79 Å². The van der Waals surface area contributed by atoms with Gasteiger partial charge in [-0.05, 0) is 28.7 Å². The third-order valence-corrected chi connectivity index (χ3v) is 4.96. The van der Waals surface area contributed by atoms with Crippen molar-refractivity contribution in [3.8, 4) is 11.1 Å². The maximum absolute atomic E-state index is 12.3. The number of hydrogen-bond acceptors (Lipinski definition) is 4. The number of aliphatic hydroxyl groups excluding tert-OH is 1. The lowest BCUT2D eigenvalue weighted by atomic mass is 9.98. The summed E-state index contributed by atoms with van der Waals surface area (Å²) in [7, 11) is 0. The van der Waals surface area contributed by atoms with Crippen LogP contribution >= 0.6 is 0 Å². The molecule has 1 amide bonds. The van der Waals surface area contributed by atoms with Crippen molar-refractivity contribution < 1.29 is 19.4 Å². The van der Waals surface area contributed by atoms with Gasteiger partial charge in [0.15, 0.2) is 0 Å². The number of benzene rings is 2. The van der Waals surface area contributed by atoms with Gasteiger partial charge in [0.1, 0.15) is 18.4 Å². The Morgan fingerprint density at radius 3 is 2.32 bits per heavy atom. The summed E-state index contributed by atoms with van der Waals surface area (Å²) in [5, 5.41) is 12.3. The molecular formula is C23H27NO4. The van der Waals surface area contributed by atoms with Gasteiger partial charge in [-0.1, -0.05) is 68.5 Å². The topological polar surface area (TPSA) is 67.8 Å². The molecule has 0 saturated carbocycles. The van der Waals surface area contributed by atoms with Gasteiger partial charge in [0.05, 0.1) is 6.61 Å². The van der Waals surface area contributed by atoms with E-state index in [9.17, 15) is 9.90 Å². The third kappa shape index (κ3) is 4.54. The molecule has 0 radical (unpaired) electrons. The number of unbranched alkanes of at least 4 members (excludes halogenated alkanes) is 1. The minimum Gasteiger partial charge on any atom is -0.511 e. The lowest BCUT2D eigenvalue weighted by molar-refractivity contribution is 0.0947. The molecule has 5 heteroatoms. The van der Waals surface area contributed by atoms with Crippen molar-refractivity contribution in [3.05, 3.63) is 72.0 Å². The van der Waals surface area contributed by atoms with Crippen LogP contribution in [0.5, 0.6) is 0 Å². The number of hydrogen-bond donors (Lipinski definition) is 2. The summed E-state index contributed by atoms with van der Waals surface area (Å²) in [5.41, 5.74) is 4.67. The van der Waals surface area contributed by atoms with Gasteiger partial charge in [-0.3, -0.25) is 0 Å². The lowest BCUT2D eigenvalue weighted by Gasteiger charge is -2.19. The minimum atomic E-state index is -0.687. The molecule has 0 saturated heterocycles. The van der Waals surface area contributed by atoms with Crippen molar-refractivity contribution in [2.24, 2.45) is 0 Å². The number of rotatable bonds is 9. The molecule has 0 fully saturated rings. The highest BCUT2D eigenvalue weighted by Gasteiger charge is 2.29. The van der Waals surface area contributed by atoms with Crippen molar-refractivity contribution >= 4 is 6.09 Å². The molecule has 0 aromatic heterocycles. The zero-order chi connectivity index (χ0) is 19.9. The van der Waals surface area contributed by atoms with Crippen LogP contribution in [0, 0.1) is 0 Å². The third-order valence-electron chi connectivity index (χ3n) is 4.96. The van der Waals surface area contributed by atoms with E-state index in [2.05, 4.69) is 43.1 Å². The molecule has 2 aromatic carbocycles. The van der Waals surface area contributed by atoms with Gasteiger partial charge >= 0.3 is 6.09 Å². The SMILES string of the molecule is C=C(O)[C@@H](COCCCC)NC(=O)OCC1c2ccccc2-c2ccccc21. The van der Waals surface area contributed by atoms with Crippen molar-refractivity contribution in [2.45, 2.75) is 31.7 Å². The molecule has 0 aliphatic heterocycles. The fraction of sp³-hybridized carbons (Fsp3) is 0.348. The predicted octanol–water partition coefficient (Wildman–Crippen LogP) is 4.78. The fourth-order valence-corrected chi connectivity index (χ4v) is 3.45. The summed E-state index contributed by atoms with van der Waals surface area (Å²) < 4.78 is 11.0. The van der Waals surface area contributed by atoms with Crippen LogP contribution in [0.2, 0.25) is 0 Å². The summed E-state index contributed by atoms with van der Waals surface area (Å²) in [5.74, 6) is -0.153. The van der Waals surface area contributed by atoms with E-state index in [4.69, 9.17) is 9.47 Å². The van der Waals surface area contributed by atoms with Crippen molar-refractivity contribution in [3.63, 3.8) is 0 Å². The molecule has 3 rings (SSSR count). The molecular weight excluding hydrogens is 354 g/mol. The first kappa shape index (κ1) is 20.0. The van der Waals surface area contributed by atoms with Crippen LogP contribution in [0.3, 0.4) is 0 Å². The van der Waals surface area contributed by atoms with Gasteiger partial charge in [0.2, 0.25) is 0 Å². The second kappa shape index (κ2) is 9.42. The molecule has 28 heavy (non-hydrogen) atoms. The molecule has 0 bridgehead atoms. The first-order valence-electron chi connectivity index (χ1n) is 9.68. The molecule has 2 aromatic rings. The number of carbonyl (C=O) groups is 1. The Kier molecular flexibility index (Phi) is 6.71. The van der Waals surface area contributed by atoms with E-state index in [-0.39, 0.29) is 24.9 Å². The highest BCUT2D eigenvalue weighted by atomic mass is 16.5. The summed E-state index contributed by atoms with van der Waals surface area (Å²) in [6, 6.07) is 15.7. The normalized spacial score (nSPS) is 13.5. The number of alkyl carbamates (subject to hydrolysis) is 1. The smallest absolute Gasteiger partial charge is 0.407 e. The molecule has 1 aliphatic rings. The lowest BCUT2D eigenvalue weighted by Crippen LogP contribution is -2.40. The van der Waals surface area contributed by atoms with E-state index in [0.717, 1.165) is 24.0 Å². The number of carbonyl (C=O) groups excluding carboxylic acids is 1. The van der Waals surface area contributed by atoms with E-state index in [1.165, 1.54) is 11.1 Å². The average Bonchev–Trinajstić information content (AvgIpc) is 3.02. The highest BCUT2D eigenvalue weighted by Crippen LogP contribution is 2.44. The Balaban J connectivity index is 1.60.